The lowest BCUT2D eigenvalue weighted by Crippen LogP contribution is -2.50. The summed E-state index contributed by atoms with van der Waals surface area (Å²) in [6, 6.07) is 11.4. The van der Waals surface area contributed by atoms with Crippen LogP contribution in [-0.2, 0) is 9.59 Å². The molecule has 0 radical (unpaired) electrons. The summed E-state index contributed by atoms with van der Waals surface area (Å²) in [6.45, 7) is 2.41. The van der Waals surface area contributed by atoms with Gasteiger partial charge in [0.25, 0.3) is 0 Å². The molecule has 1 N–H and O–H groups in total. The van der Waals surface area contributed by atoms with Gasteiger partial charge in [0.1, 0.15) is 6.04 Å². The fourth-order valence-corrected chi connectivity index (χ4v) is 4.29. The second-order valence-corrected chi connectivity index (χ2v) is 7.47. The Morgan fingerprint density at radius 1 is 1.15 bits per heavy atom. The minimum absolute atomic E-state index is 0.000936. The molecule has 1 saturated heterocycles. The maximum Gasteiger partial charge on any atom is 0.245 e. The third-order valence-corrected chi connectivity index (χ3v) is 5.72. The zero-order valence-electron chi connectivity index (χ0n) is 15.4. The molecular weight excluding hydrogens is 326 g/mol. The van der Waals surface area contributed by atoms with Gasteiger partial charge in [-0.25, -0.2) is 0 Å². The number of likely N-dealkylation sites (tertiary alicyclic amines) is 1. The van der Waals surface area contributed by atoms with Crippen molar-refractivity contribution in [2.24, 2.45) is 5.92 Å². The Kier molecular flexibility index (Phi) is 5.92. The van der Waals surface area contributed by atoms with E-state index in [1.165, 1.54) is 0 Å². The summed E-state index contributed by atoms with van der Waals surface area (Å²) in [4.78, 5) is 27.1. The van der Waals surface area contributed by atoms with Crippen molar-refractivity contribution in [1.82, 2.24) is 10.2 Å². The van der Waals surface area contributed by atoms with E-state index in [0.717, 1.165) is 44.1 Å². The number of amides is 2. The van der Waals surface area contributed by atoms with Crippen LogP contribution in [0.15, 0.2) is 30.3 Å². The second kappa shape index (κ2) is 8.35. The van der Waals surface area contributed by atoms with Crippen LogP contribution in [-0.4, -0.2) is 35.3 Å². The van der Waals surface area contributed by atoms with Gasteiger partial charge in [-0.1, -0.05) is 43.2 Å². The number of nitriles is 1. The first kappa shape index (κ1) is 18.4. The van der Waals surface area contributed by atoms with Crippen molar-refractivity contribution in [2.45, 2.75) is 63.5 Å². The molecule has 0 spiro atoms. The zero-order chi connectivity index (χ0) is 18.5. The van der Waals surface area contributed by atoms with Crippen molar-refractivity contribution >= 4 is 11.8 Å². The molecule has 2 amide bonds. The third kappa shape index (κ3) is 3.90. The van der Waals surface area contributed by atoms with Crippen molar-refractivity contribution < 1.29 is 9.59 Å². The number of hydrogen-bond donors (Lipinski definition) is 1. The van der Waals surface area contributed by atoms with E-state index in [4.69, 9.17) is 0 Å². The summed E-state index contributed by atoms with van der Waals surface area (Å²) in [7, 11) is 0. The Labute approximate surface area is 155 Å². The zero-order valence-corrected chi connectivity index (χ0v) is 15.4. The highest BCUT2D eigenvalue weighted by Crippen LogP contribution is 2.31. The maximum atomic E-state index is 13.0. The molecule has 1 aliphatic carbocycles. The first-order valence-corrected chi connectivity index (χ1v) is 9.67. The molecule has 5 nitrogen and oxygen atoms in total. The molecule has 138 valence electrons. The Hall–Kier alpha value is -2.35. The molecule has 0 aromatic heterocycles. The monoisotopic (exact) mass is 353 g/mol. The number of rotatable bonds is 5. The summed E-state index contributed by atoms with van der Waals surface area (Å²) < 4.78 is 0. The first-order chi connectivity index (χ1) is 12.6. The van der Waals surface area contributed by atoms with E-state index in [1.807, 2.05) is 30.3 Å². The van der Waals surface area contributed by atoms with Gasteiger partial charge in [-0.3, -0.25) is 9.59 Å². The van der Waals surface area contributed by atoms with Gasteiger partial charge in [0.05, 0.1) is 18.0 Å². The van der Waals surface area contributed by atoms with Crippen molar-refractivity contribution in [3.63, 3.8) is 0 Å². The molecule has 5 heteroatoms. The Bertz CT molecular complexity index is 676. The molecule has 3 rings (SSSR count). The second-order valence-electron chi connectivity index (χ2n) is 7.47. The summed E-state index contributed by atoms with van der Waals surface area (Å²) in [5.74, 6) is -0.356. The number of carbonyl (C=O) groups is 2. The average Bonchev–Trinajstić information content (AvgIpc) is 3.35. The predicted octanol–water partition coefficient (Wildman–Crippen LogP) is 2.98. The molecule has 1 aromatic rings. The number of benzene rings is 1. The molecular formula is C21H27N3O2. The highest BCUT2D eigenvalue weighted by atomic mass is 16.2. The van der Waals surface area contributed by atoms with E-state index in [-0.39, 0.29) is 29.7 Å². The van der Waals surface area contributed by atoms with Crippen molar-refractivity contribution in [1.29, 1.82) is 5.26 Å². The van der Waals surface area contributed by atoms with E-state index in [1.54, 1.807) is 11.8 Å². The van der Waals surface area contributed by atoms with Gasteiger partial charge in [0, 0.05) is 12.5 Å². The van der Waals surface area contributed by atoms with E-state index >= 15 is 0 Å². The molecule has 0 bridgehead atoms. The van der Waals surface area contributed by atoms with E-state index in [2.05, 4.69) is 11.4 Å². The van der Waals surface area contributed by atoms with Crippen LogP contribution in [0, 0.1) is 17.2 Å². The standard InChI is InChI=1S/C21H27N3O2/c1-15(23-20(25)17-10-5-6-11-17)21(26)24-13-7-12-19(24)18(14-22)16-8-3-2-4-9-16/h2-4,8-9,15,17-19H,5-7,10-13H2,1H3,(H,23,25). The minimum Gasteiger partial charge on any atom is -0.344 e. The molecule has 2 aliphatic rings. The van der Waals surface area contributed by atoms with Gasteiger partial charge < -0.3 is 10.2 Å². The Morgan fingerprint density at radius 3 is 2.50 bits per heavy atom. The van der Waals surface area contributed by atoms with Crippen LogP contribution in [0.4, 0.5) is 0 Å². The van der Waals surface area contributed by atoms with Crippen LogP contribution in [0.25, 0.3) is 0 Å². The van der Waals surface area contributed by atoms with Gasteiger partial charge in [-0.15, -0.1) is 0 Å². The highest BCUT2D eigenvalue weighted by molar-refractivity contribution is 5.88. The molecule has 1 aromatic carbocycles. The number of nitrogens with one attached hydrogen (secondary N) is 1. The smallest absolute Gasteiger partial charge is 0.245 e. The molecule has 1 saturated carbocycles. The molecule has 1 aliphatic heterocycles. The van der Waals surface area contributed by atoms with Crippen LogP contribution in [0.1, 0.15) is 56.9 Å². The topological polar surface area (TPSA) is 73.2 Å². The minimum atomic E-state index is -0.543. The quantitative estimate of drug-likeness (QED) is 0.884. The Morgan fingerprint density at radius 2 is 1.85 bits per heavy atom. The van der Waals surface area contributed by atoms with Crippen LogP contribution in [0.2, 0.25) is 0 Å². The normalized spacial score (nSPS) is 22.6. The SMILES string of the molecule is CC(NC(=O)C1CCCC1)C(=O)N1CCCC1C(C#N)c1ccccc1. The van der Waals surface area contributed by atoms with Crippen LogP contribution >= 0.6 is 0 Å². The fourth-order valence-electron chi connectivity index (χ4n) is 4.29. The third-order valence-electron chi connectivity index (χ3n) is 5.72. The lowest BCUT2D eigenvalue weighted by atomic mass is 9.91. The van der Waals surface area contributed by atoms with Crippen LogP contribution in [0.5, 0.6) is 0 Å². The summed E-state index contributed by atoms with van der Waals surface area (Å²) in [5, 5.41) is 12.6. The van der Waals surface area contributed by atoms with Crippen molar-refractivity contribution in [3.8, 4) is 6.07 Å². The predicted molar refractivity (Wildman–Crippen MR) is 99.1 cm³/mol. The van der Waals surface area contributed by atoms with Crippen molar-refractivity contribution in [2.75, 3.05) is 6.54 Å². The van der Waals surface area contributed by atoms with Gasteiger partial charge >= 0.3 is 0 Å². The van der Waals surface area contributed by atoms with Gasteiger partial charge in [0.2, 0.25) is 11.8 Å². The number of carbonyl (C=O) groups excluding carboxylic acids is 2. The first-order valence-electron chi connectivity index (χ1n) is 9.67. The molecule has 1 heterocycles. The van der Waals surface area contributed by atoms with Crippen LogP contribution in [0.3, 0.4) is 0 Å². The summed E-state index contributed by atoms with van der Waals surface area (Å²) >= 11 is 0. The van der Waals surface area contributed by atoms with Gasteiger partial charge in [-0.2, -0.15) is 5.26 Å². The number of nitrogens with zero attached hydrogens (tertiary/aromatic N) is 2. The molecule has 2 fully saturated rings. The molecule has 3 unspecified atom stereocenters. The number of hydrogen-bond acceptors (Lipinski definition) is 3. The molecule has 26 heavy (non-hydrogen) atoms. The van der Waals surface area contributed by atoms with Crippen LogP contribution < -0.4 is 5.32 Å². The highest BCUT2D eigenvalue weighted by Gasteiger charge is 2.38. The van der Waals surface area contributed by atoms with Gasteiger partial charge in [-0.05, 0) is 38.2 Å². The van der Waals surface area contributed by atoms with E-state index in [9.17, 15) is 14.9 Å². The fraction of sp³-hybridized carbons (Fsp3) is 0.571. The Balaban J connectivity index is 1.67. The lowest BCUT2D eigenvalue weighted by Gasteiger charge is -2.31. The summed E-state index contributed by atoms with van der Waals surface area (Å²) in [5.41, 5.74) is 0.947. The largest absolute Gasteiger partial charge is 0.344 e. The maximum absolute atomic E-state index is 13.0. The summed E-state index contributed by atoms with van der Waals surface area (Å²) in [6.07, 6.45) is 5.74. The van der Waals surface area contributed by atoms with Gasteiger partial charge in [0.15, 0.2) is 0 Å². The average molecular weight is 353 g/mol. The van der Waals surface area contributed by atoms with E-state index in [0.29, 0.717) is 6.54 Å². The lowest BCUT2D eigenvalue weighted by molar-refractivity contribution is -0.137. The van der Waals surface area contributed by atoms with Crippen molar-refractivity contribution in [3.05, 3.63) is 35.9 Å². The van der Waals surface area contributed by atoms with E-state index < -0.39 is 6.04 Å². The molecule has 3 atom stereocenters.